The lowest BCUT2D eigenvalue weighted by Gasteiger charge is -2.14. The van der Waals surface area contributed by atoms with E-state index in [2.05, 4.69) is 30.9 Å². The Morgan fingerprint density at radius 3 is 2.59 bits per heavy atom. The first kappa shape index (κ1) is 21.3. The summed E-state index contributed by atoms with van der Waals surface area (Å²) in [5, 5.41) is 10.1. The topological polar surface area (TPSA) is 58.7 Å². The third kappa shape index (κ3) is 5.78. The van der Waals surface area contributed by atoms with E-state index in [1.165, 1.54) is 0 Å². The number of para-hydroxylation sites is 1. The first-order valence-electron chi connectivity index (χ1n) is 9.81. The van der Waals surface area contributed by atoms with Crippen molar-refractivity contribution in [2.24, 2.45) is 0 Å². The van der Waals surface area contributed by atoms with Crippen LogP contribution in [0.5, 0.6) is 11.5 Å². The van der Waals surface area contributed by atoms with E-state index in [1.54, 1.807) is 24.0 Å². The number of rotatable bonds is 10. The molecule has 3 aromatic rings. The first-order valence-corrected chi connectivity index (χ1v) is 10.9. The average Bonchev–Trinajstić information content (AvgIpc) is 3.20. The smallest absolute Gasteiger partial charge is 0.212 e. The Hall–Kier alpha value is -2.44. The van der Waals surface area contributed by atoms with Gasteiger partial charge in [0.2, 0.25) is 5.89 Å². The number of nitrogens with zero attached hydrogens (tertiary/aromatic N) is 2. The van der Waals surface area contributed by atoms with E-state index in [9.17, 15) is 5.11 Å². The van der Waals surface area contributed by atoms with Crippen LogP contribution in [0.1, 0.15) is 30.0 Å². The monoisotopic (exact) mass is 412 g/mol. The summed E-state index contributed by atoms with van der Waals surface area (Å²) in [5.41, 5.74) is 1.76. The quantitative estimate of drug-likeness (QED) is 0.461. The zero-order valence-corrected chi connectivity index (χ0v) is 18.0. The summed E-state index contributed by atoms with van der Waals surface area (Å²) in [5.74, 6) is 3.29. The molecule has 29 heavy (non-hydrogen) atoms. The van der Waals surface area contributed by atoms with Crippen molar-refractivity contribution in [3.8, 4) is 22.8 Å². The van der Waals surface area contributed by atoms with Gasteiger partial charge in [-0.15, -0.1) is 11.8 Å². The van der Waals surface area contributed by atoms with Crippen LogP contribution in [-0.4, -0.2) is 48.0 Å². The standard InChI is InChI=1S/C23H28N2O3S/c1-4-29-22(19-8-5-6-9-20(19)26)23-24-16-21(28-23)17-10-12-18(13-11-17)27-15-7-14-25(2)3/h5-6,8-13,16,22,26H,4,7,14-15H2,1-3H3. The maximum Gasteiger partial charge on any atom is 0.212 e. The number of benzene rings is 2. The predicted molar refractivity (Wildman–Crippen MR) is 119 cm³/mol. The largest absolute Gasteiger partial charge is 0.508 e. The summed E-state index contributed by atoms with van der Waals surface area (Å²) in [4.78, 5) is 6.64. The Morgan fingerprint density at radius 2 is 1.90 bits per heavy atom. The van der Waals surface area contributed by atoms with Crippen LogP contribution in [0.25, 0.3) is 11.3 Å². The molecule has 1 heterocycles. The molecule has 1 unspecified atom stereocenters. The molecule has 1 atom stereocenters. The van der Waals surface area contributed by atoms with Gasteiger partial charge in [0.15, 0.2) is 5.76 Å². The minimum atomic E-state index is -0.144. The minimum Gasteiger partial charge on any atom is -0.508 e. The van der Waals surface area contributed by atoms with Gasteiger partial charge in [-0.25, -0.2) is 4.98 Å². The average molecular weight is 413 g/mol. The molecule has 1 N–H and O–H groups in total. The highest BCUT2D eigenvalue weighted by molar-refractivity contribution is 7.99. The van der Waals surface area contributed by atoms with E-state index in [4.69, 9.17) is 9.15 Å². The normalized spacial score (nSPS) is 12.3. The molecule has 154 valence electrons. The number of aromatic hydroxyl groups is 1. The Labute approximate surface area is 176 Å². The Balaban J connectivity index is 1.70. The van der Waals surface area contributed by atoms with E-state index in [-0.39, 0.29) is 11.0 Å². The van der Waals surface area contributed by atoms with Crippen molar-refractivity contribution in [1.82, 2.24) is 9.88 Å². The van der Waals surface area contributed by atoms with Crippen molar-refractivity contribution in [3.63, 3.8) is 0 Å². The van der Waals surface area contributed by atoms with E-state index >= 15 is 0 Å². The maximum absolute atomic E-state index is 10.2. The lowest BCUT2D eigenvalue weighted by atomic mass is 10.1. The van der Waals surface area contributed by atoms with Gasteiger partial charge in [0.1, 0.15) is 16.7 Å². The van der Waals surface area contributed by atoms with Gasteiger partial charge in [-0.05, 0) is 56.6 Å². The summed E-state index contributed by atoms with van der Waals surface area (Å²) >= 11 is 1.68. The van der Waals surface area contributed by atoms with Crippen LogP contribution in [-0.2, 0) is 0 Å². The van der Waals surface area contributed by atoms with Crippen LogP contribution >= 0.6 is 11.8 Å². The fourth-order valence-electron chi connectivity index (χ4n) is 3.00. The zero-order chi connectivity index (χ0) is 20.6. The first-order chi connectivity index (χ1) is 14.1. The molecule has 0 spiro atoms. The minimum absolute atomic E-state index is 0.144. The zero-order valence-electron chi connectivity index (χ0n) is 17.2. The molecule has 0 saturated heterocycles. The number of thioether (sulfide) groups is 1. The molecule has 0 aliphatic heterocycles. The molecular weight excluding hydrogens is 384 g/mol. The molecule has 0 amide bonds. The number of aromatic nitrogens is 1. The number of oxazole rings is 1. The molecular formula is C23H28N2O3S. The number of phenolic OH excluding ortho intramolecular Hbond substituents is 1. The van der Waals surface area contributed by atoms with Crippen molar-refractivity contribution in [2.45, 2.75) is 18.6 Å². The second-order valence-corrected chi connectivity index (χ2v) is 8.37. The molecule has 0 fully saturated rings. The number of ether oxygens (including phenoxy) is 1. The van der Waals surface area contributed by atoms with Crippen molar-refractivity contribution in [1.29, 1.82) is 0 Å². The van der Waals surface area contributed by atoms with Gasteiger partial charge in [-0.2, -0.15) is 0 Å². The van der Waals surface area contributed by atoms with Crippen LogP contribution in [0.15, 0.2) is 59.1 Å². The summed E-state index contributed by atoms with van der Waals surface area (Å²) in [7, 11) is 4.12. The summed E-state index contributed by atoms with van der Waals surface area (Å²) in [6.07, 6.45) is 2.73. The SMILES string of the molecule is CCSC(c1ncc(-c2ccc(OCCCN(C)C)cc2)o1)c1ccccc1O. The third-order valence-corrected chi connectivity index (χ3v) is 5.58. The van der Waals surface area contributed by atoms with Crippen molar-refractivity contribution >= 4 is 11.8 Å². The van der Waals surface area contributed by atoms with Gasteiger partial charge in [-0.1, -0.05) is 25.1 Å². The van der Waals surface area contributed by atoms with Gasteiger partial charge in [0.05, 0.1) is 12.8 Å². The summed E-state index contributed by atoms with van der Waals surface area (Å²) in [6.45, 7) is 3.78. The van der Waals surface area contributed by atoms with Gasteiger partial charge < -0.3 is 19.2 Å². The summed E-state index contributed by atoms with van der Waals surface area (Å²) in [6, 6.07) is 15.2. The third-order valence-electron chi connectivity index (χ3n) is 4.46. The lowest BCUT2D eigenvalue weighted by Crippen LogP contribution is -2.15. The molecule has 0 bridgehead atoms. The predicted octanol–water partition coefficient (Wildman–Crippen LogP) is 5.22. The maximum atomic E-state index is 10.2. The second-order valence-electron chi connectivity index (χ2n) is 6.99. The Bertz CT molecular complexity index is 893. The molecule has 1 aromatic heterocycles. The van der Waals surface area contributed by atoms with Gasteiger partial charge in [0.25, 0.3) is 0 Å². The van der Waals surface area contributed by atoms with Crippen molar-refractivity contribution in [3.05, 3.63) is 66.2 Å². The number of phenols is 1. The van der Waals surface area contributed by atoms with Crippen LogP contribution < -0.4 is 4.74 Å². The number of hydrogen-bond donors (Lipinski definition) is 1. The molecule has 0 aliphatic rings. The van der Waals surface area contributed by atoms with Crippen LogP contribution in [0.2, 0.25) is 0 Å². The molecule has 6 heteroatoms. The van der Waals surface area contributed by atoms with Crippen LogP contribution in [0.4, 0.5) is 0 Å². The highest BCUT2D eigenvalue weighted by Gasteiger charge is 2.22. The fraction of sp³-hybridized carbons (Fsp3) is 0.348. The van der Waals surface area contributed by atoms with Crippen molar-refractivity contribution in [2.75, 3.05) is 33.0 Å². The molecule has 3 rings (SSSR count). The van der Waals surface area contributed by atoms with Crippen LogP contribution in [0.3, 0.4) is 0 Å². The Kier molecular flexibility index (Phi) is 7.61. The molecule has 0 saturated carbocycles. The fourth-order valence-corrected chi connectivity index (χ4v) is 3.96. The molecule has 0 aliphatic carbocycles. The molecule has 2 aromatic carbocycles. The van der Waals surface area contributed by atoms with Crippen LogP contribution in [0, 0.1) is 0 Å². The van der Waals surface area contributed by atoms with Gasteiger partial charge in [-0.3, -0.25) is 0 Å². The van der Waals surface area contributed by atoms with E-state index < -0.39 is 0 Å². The van der Waals surface area contributed by atoms with Crippen molar-refractivity contribution < 1.29 is 14.3 Å². The van der Waals surface area contributed by atoms with E-state index in [1.807, 2.05) is 42.5 Å². The number of hydrogen-bond acceptors (Lipinski definition) is 6. The highest BCUT2D eigenvalue weighted by Crippen LogP contribution is 2.40. The van der Waals surface area contributed by atoms with Gasteiger partial charge in [0, 0.05) is 17.7 Å². The summed E-state index contributed by atoms with van der Waals surface area (Å²) < 4.78 is 11.9. The van der Waals surface area contributed by atoms with E-state index in [0.717, 1.165) is 35.6 Å². The Morgan fingerprint density at radius 1 is 1.14 bits per heavy atom. The molecule has 0 radical (unpaired) electrons. The van der Waals surface area contributed by atoms with Gasteiger partial charge >= 0.3 is 0 Å². The second kappa shape index (κ2) is 10.4. The highest BCUT2D eigenvalue weighted by atomic mass is 32.2. The lowest BCUT2D eigenvalue weighted by molar-refractivity contribution is 0.281. The van der Waals surface area contributed by atoms with E-state index in [0.29, 0.717) is 18.3 Å². The molecule has 5 nitrogen and oxygen atoms in total.